The molecule has 1 amide bonds. The fourth-order valence-electron chi connectivity index (χ4n) is 3.51. The van der Waals surface area contributed by atoms with Gasteiger partial charge in [-0.2, -0.15) is 9.78 Å². The molecular weight excluding hydrogens is 390 g/mol. The Labute approximate surface area is 171 Å². The zero-order valence-electron chi connectivity index (χ0n) is 16.0. The molecule has 4 rings (SSSR count). The number of nitrogens with zero attached hydrogens (tertiary/aromatic N) is 4. The summed E-state index contributed by atoms with van der Waals surface area (Å²) in [5.74, 6) is -0.731. The van der Waals surface area contributed by atoms with Crippen LogP contribution in [0.1, 0.15) is 59.1 Å². The van der Waals surface area contributed by atoms with Gasteiger partial charge in [0.15, 0.2) is 11.4 Å². The Kier molecular flexibility index (Phi) is 5.39. The summed E-state index contributed by atoms with van der Waals surface area (Å²) in [6.07, 6.45) is 5.80. The van der Waals surface area contributed by atoms with E-state index < -0.39 is 17.2 Å². The van der Waals surface area contributed by atoms with Crippen LogP contribution >= 0.6 is 11.3 Å². The number of nitrogens with one attached hydrogen (secondary N) is 1. The Morgan fingerprint density at radius 1 is 1.21 bits per heavy atom. The molecule has 0 saturated heterocycles. The average Bonchev–Trinajstić information content (AvgIpc) is 3.17. The first-order valence-corrected chi connectivity index (χ1v) is 10.4. The van der Waals surface area contributed by atoms with Crippen molar-refractivity contribution in [1.82, 2.24) is 20.0 Å². The fourth-order valence-corrected chi connectivity index (χ4v) is 4.42. The number of carbonyl (C=O) groups excluding carboxylic acids is 1. The van der Waals surface area contributed by atoms with Crippen LogP contribution in [0.15, 0.2) is 35.1 Å². The van der Waals surface area contributed by atoms with Crippen molar-refractivity contribution >= 4 is 22.4 Å². The van der Waals surface area contributed by atoms with E-state index in [0.29, 0.717) is 16.7 Å². The zero-order valence-corrected chi connectivity index (χ0v) is 16.8. The van der Waals surface area contributed by atoms with E-state index in [0.717, 1.165) is 34.2 Å². The number of amides is 1. The summed E-state index contributed by atoms with van der Waals surface area (Å²) >= 11 is 1.34. The minimum Gasteiger partial charge on any atom is -0.505 e. The van der Waals surface area contributed by atoms with Gasteiger partial charge in [-0.3, -0.25) is 14.9 Å². The normalized spacial score (nSPS) is 14.7. The third-order valence-electron chi connectivity index (χ3n) is 4.99. The highest BCUT2D eigenvalue weighted by molar-refractivity contribution is 7.15. The standard InChI is InChI=1S/C20H21N5O3S/c1-12-6-5-9-14(10-12)25-16(27)11-15(26)17(24-25)18(28)21-20-23-22-19(29-20)13-7-3-2-4-8-13/h5-6,9-11,13,26H,2-4,7-8H2,1H3,(H,21,23,28). The van der Waals surface area contributed by atoms with Crippen molar-refractivity contribution in [3.63, 3.8) is 0 Å². The van der Waals surface area contributed by atoms with Crippen LogP contribution in [0.5, 0.6) is 5.75 Å². The predicted molar refractivity (Wildman–Crippen MR) is 110 cm³/mol. The molecule has 2 N–H and O–H groups in total. The predicted octanol–water partition coefficient (Wildman–Crippen LogP) is 3.40. The monoisotopic (exact) mass is 411 g/mol. The molecule has 150 valence electrons. The Hall–Kier alpha value is -3.07. The lowest BCUT2D eigenvalue weighted by molar-refractivity contribution is 0.101. The lowest BCUT2D eigenvalue weighted by atomic mass is 9.90. The molecule has 1 saturated carbocycles. The minimum absolute atomic E-state index is 0.250. The van der Waals surface area contributed by atoms with E-state index in [1.807, 2.05) is 13.0 Å². The van der Waals surface area contributed by atoms with Gasteiger partial charge in [-0.1, -0.05) is 42.7 Å². The summed E-state index contributed by atoms with van der Waals surface area (Å²) in [7, 11) is 0. The van der Waals surface area contributed by atoms with Gasteiger partial charge < -0.3 is 5.11 Å². The molecule has 8 nitrogen and oxygen atoms in total. The van der Waals surface area contributed by atoms with Crippen LogP contribution in [-0.2, 0) is 0 Å². The van der Waals surface area contributed by atoms with Crippen LogP contribution in [0.2, 0.25) is 0 Å². The van der Waals surface area contributed by atoms with Gasteiger partial charge in [-0.05, 0) is 37.5 Å². The molecule has 29 heavy (non-hydrogen) atoms. The van der Waals surface area contributed by atoms with Gasteiger partial charge in [-0.25, -0.2) is 0 Å². The first-order valence-electron chi connectivity index (χ1n) is 9.56. The van der Waals surface area contributed by atoms with Crippen molar-refractivity contribution < 1.29 is 9.90 Å². The van der Waals surface area contributed by atoms with Crippen LogP contribution in [0.25, 0.3) is 5.69 Å². The summed E-state index contributed by atoms with van der Waals surface area (Å²) in [6, 6.07) is 8.15. The lowest BCUT2D eigenvalue weighted by Gasteiger charge is -2.18. The second-order valence-electron chi connectivity index (χ2n) is 7.20. The summed E-state index contributed by atoms with van der Waals surface area (Å²) in [5.41, 5.74) is 0.680. The molecule has 0 spiro atoms. The molecule has 2 heterocycles. The maximum atomic E-state index is 12.7. The number of carbonyl (C=O) groups is 1. The molecule has 3 aromatic rings. The van der Waals surface area contributed by atoms with E-state index in [2.05, 4.69) is 20.6 Å². The summed E-state index contributed by atoms with van der Waals surface area (Å²) < 4.78 is 1.09. The largest absolute Gasteiger partial charge is 0.505 e. The molecule has 2 aromatic heterocycles. The maximum Gasteiger partial charge on any atom is 0.281 e. The first kappa shape index (κ1) is 19.3. The van der Waals surface area contributed by atoms with Gasteiger partial charge in [0.2, 0.25) is 5.13 Å². The fraction of sp³-hybridized carbons (Fsp3) is 0.350. The zero-order chi connectivity index (χ0) is 20.4. The third-order valence-corrected chi connectivity index (χ3v) is 5.99. The van der Waals surface area contributed by atoms with E-state index in [-0.39, 0.29) is 5.69 Å². The van der Waals surface area contributed by atoms with Crippen molar-refractivity contribution in [3.8, 4) is 11.4 Å². The Balaban J connectivity index is 1.58. The lowest BCUT2D eigenvalue weighted by Crippen LogP contribution is -2.25. The average molecular weight is 411 g/mol. The topological polar surface area (TPSA) is 110 Å². The molecule has 1 fully saturated rings. The molecule has 0 bridgehead atoms. The van der Waals surface area contributed by atoms with E-state index in [9.17, 15) is 14.7 Å². The quantitative estimate of drug-likeness (QED) is 0.681. The van der Waals surface area contributed by atoms with Crippen LogP contribution in [0, 0.1) is 6.92 Å². The van der Waals surface area contributed by atoms with Crippen molar-refractivity contribution in [2.24, 2.45) is 0 Å². The number of hydrogen-bond donors (Lipinski definition) is 2. The van der Waals surface area contributed by atoms with E-state index in [4.69, 9.17) is 0 Å². The molecular formula is C20H21N5O3S. The Morgan fingerprint density at radius 3 is 2.76 bits per heavy atom. The number of aromatic nitrogens is 4. The summed E-state index contributed by atoms with van der Waals surface area (Å²) in [5, 5.41) is 26.4. The molecule has 1 aliphatic carbocycles. The molecule has 0 radical (unpaired) electrons. The summed E-state index contributed by atoms with van der Waals surface area (Å²) in [4.78, 5) is 24.9. The Bertz CT molecular complexity index is 1100. The van der Waals surface area contributed by atoms with E-state index in [1.54, 1.807) is 18.2 Å². The van der Waals surface area contributed by atoms with E-state index >= 15 is 0 Å². The van der Waals surface area contributed by atoms with Crippen molar-refractivity contribution in [2.45, 2.75) is 44.9 Å². The molecule has 0 aliphatic heterocycles. The third kappa shape index (κ3) is 4.19. The van der Waals surface area contributed by atoms with Gasteiger partial charge in [0.05, 0.1) is 5.69 Å². The second kappa shape index (κ2) is 8.12. The second-order valence-corrected chi connectivity index (χ2v) is 8.21. The van der Waals surface area contributed by atoms with Gasteiger partial charge in [0, 0.05) is 12.0 Å². The molecule has 1 aliphatic rings. The number of aromatic hydroxyl groups is 1. The Morgan fingerprint density at radius 2 is 2.00 bits per heavy atom. The highest BCUT2D eigenvalue weighted by Gasteiger charge is 2.22. The van der Waals surface area contributed by atoms with Gasteiger partial charge in [0.25, 0.3) is 11.5 Å². The van der Waals surface area contributed by atoms with E-state index in [1.165, 1.54) is 30.6 Å². The summed E-state index contributed by atoms with van der Waals surface area (Å²) in [6.45, 7) is 1.89. The van der Waals surface area contributed by atoms with Crippen LogP contribution in [-0.4, -0.2) is 31.0 Å². The molecule has 0 unspecified atom stereocenters. The molecule has 1 aromatic carbocycles. The van der Waals surface area contributed by atoms with Gasteiger partial charge >= 0.3 is 0 Å². The smallest absolute Gasteiger partial charge is 0.281 e. The SMILES string of the molecule is Cc1cccc(-n2nc(C(=O)Nc3nnc(C4CCCCC4)s3)c(O)cc2=O)c1. The molecule has 0 atom stereocenters. The number of benzene rings is 1. The van der Waals surface area contributed by atoms with Crippen molar-refractivity contribution in [2.75, 3.05) is 5.32 Å². The number of aryl methyl sites for hydroxylation is 1. The van der Waals surface area contributed by atoms with Crippen molar-refractivity contribution in [1.29, 1.82) is 0 Å². The maximum absolute atomic E-state index is 12.7. The highest BCUT2D eigenvalue weighted by Crippen LogP contribution is 2.35. The van der Waals surface area contributed by atoms with Gasteiger partial charge in [-0.15, -0.1) is 10.2 Å². The first-order chi connectivity index (χ1) is 14.0. The number of anilines is 1. The highest BCUT2D eigenvalue weighted by atomic mass is 32.1. The number of hydrogen-bond acceptors (Lipinski definition) is 7. The number of rotatable bonds is 4. The molecule has 9 heteroatoms. The van der Waals surface area contributed by atoms with Crippen LogP contribution < -0.4 is 10.9 Å². The van der Waals surface area contributed by atoms with Crippen molar-refractivity contribution in [3.05, 3.63) is 57.0 Å². The van der Waals surface area contributed by atoms with Gasteiger partial charge in [0.1, 0.15) is 5.01 Å². The minimum atomic E-state index is -0.643. The van der Waals surface area contributed by atoms with Crippen LogP contribution in [0.4, 0.5) is 5.13 Å². The van der Waals surface area contributed by atoms with Crippen LogP contribution in [0.3, 0.4) is 0 Å².